The molecular weight excluding hydrogens is 228 g/mol. The van der Waals surface area contributed by atoms with Crippen molar-refractivity contribution >= 4 is 11.4 Å². The molecule has 0 heterocycles. The number of azo groups is 1. The van der Waals surface area contributed by atoms with Gasteiger partial charge < -0.3 is 4.89 Å². The Morgan fingerprint density at radius 3 is 2.71 bits per heavy atom. The lowest BCUT2D eigenvalue weighted by Gasteiger charge is -2.01. The summed E-state index contributed by atoms with van der Waals surface area (Å²) in [5, 5.41) is 18.4. The number of nitrogens with zero attached hydrogens (tertiary/aromatic N) is 3. The highest BCUT2D eigenvalue weighted by molar-refractivity contribution is 5.59. The van der Waals surface area contributed by atoms with Crippen LogP contribution < -0.4 is 10.8 Å². The third-order valence-electron chi connectivity index (χ3n) is 1.68. The zero-order valence-electron chi connectivity index (χ0n) is 9.36. The van der Waals surface area contributed by atoms with E-state index in [2.05, 4.69) is 26.0 Å². The molecule has 0 bridgehead atoms. The van der Waals surface area contributed by atoms with Gasteiger partial charge in [0.15, 0.2) is 11.4 Å². The van der Waals surface area contributed by atoms with Crippen molar-refractivity contribution in [1.82, 2.24) is 0 Å². The molecule has 0 saturated carbocycles. The Morgan fingerprint density at radius 2 is 2.18 bits per heavy atom. The summed E-state index contributed by atoms with van der Waals surface area (Å²) in [6.07, 6.45) is 0. The number of benzene rings is 1. The van der Waals surface area contributed by atoms with Crippen molar-refractivity contribution in [2.24, 2.45) is 16.1 Å². The third-order valence-corrected chi connectivity index (χ3v) is 1.68. The summed E-state index contributed by atoms with van der Waals surface area (Å²) < 4.78 is 0. The van der Waals surface area contributed by atoms with E-state index >= 15 is 0 Å². The molecule has 0 fully saturated rings. The van der Waals surface area contributed by atoms with Crippen LogP contribution in [0.25, 0.3) is 0 Å². The second-order valence-corrected chi connectivity index (χ2v) is 3.40. The van der Waals surface area contributed by atoms with Crippen LogP contribution in [-0.4, -0.2) is 11.0 Å². The molecule has 0 aliphatic heterocycles. The minimum Gasteiger partial charge on any atom is -0.319 e. The summed E-state index contributed by atoms with van der Waals surface area (Å²) in [5.41, 5.74) is -0.0861. The Bertz CT molecular complexity index is 433. The maximum Gasteiger partial charge on any atom is 0.300 e. The van der Waals surface area contributed by atoms with Gasteiger partial charge in [-0.3, -0.25) is 10.1 Å². The lowest BCUT2D eigenvalue weighted by atomic mass is 10.2. The second-order valence-electron chi connectivity index (χ2n) is 3.40. The molecule has 0 aliphatic rings. The molecule has 0 saturated heterocycles. The molecule has 0 aromatic heterocycles. The maximum atomic E-state index is 10.8. The molecule has 8 nitrogen and oxygen atoms in total. The zero-order valence-corrected chi connectivity index (χ0v) is 9.36. The van der Waals surface area contributed by atoms with Crippen LogP contribution in [0.5, 0.6) is 5.75 Å². The molecule has 0 spiro atoms. The first kappa shape index (κ1) is 13.0. The van der Waals surface area contributed by atoms with Gasteiger partial charge in [0.1, 0.15) is 0 Å². The Labute approximate surface area is 97.1 Å². The molecule has 1 rings (SSSR count). The summed E-state index contributed by atoms with van der Waals surface area (Å²) in [5.74, 6) is 4.80. The molecule has 0 unspecified atom stereocenters. The van der Waals surface area contributed by atoms with Gasteiger partial charge in [0.05, 0.1) is 17.0 Å². The lowest BCUT2D eigenvalue weighted by Crippen LogP contribution is -2.03. The second kappa shape index (κ2) is 5.87. The van der Waals surface area contributed by atoms with E-state index in [9.17, 15) is 10.1 Å². The normalized spacial score (nSPS) is 11.1. The molecule has 0 aliphatic carbocycles. The smallest absolute Gasteiger partial charge is 0.300 e. The predicted octanol–water partition coefficient (Wildman–Crippen LogP) is 2.27. The molecule has 2 N–H and O–H groups in total. The summed E-state index contributed by atoms with van der Waals surface area (Å²) in [6, 6.07) is 3.95. The van der Waals surface area contributed by atoms with Crippen LogP contribution in [0.1, 0.15) is 13.8 Å². The minimum absolute atomic E-state index is 0.0436. The van der Waals surface area contributed by atoms with E-state index < -0.39 is 4.92 Å². The monoisotopic (exact) mass is 240 g/mol. The van der Waals surface area contributed by atoms with Crippen LogP contribution in [0.2, 0.25) is 0 Å². The van der Waals surface area contributed by atoms with Crippen LogP contribution in [0.15, 0.2) is 28.4 Å². The summed E-state index contributed by atoms with van der Waals surface area (Å²) in [6.45, 7) is 3.63. The average Bonchev–Trinajstić information content (AvgIpc) is 2.27. The first-order chi connectivity index (χ1) is 8.04. The van der Waals surface area contributed by atoms with Crippen molar-refractivity contribution in [2.75, 3.05) is 0 Å². The van der Waals surface area contributed by atoms with Crippen LogP contribution in [-0.2, 0) is 4.99 Å². The zero-order chi connectivity index (χ0) is 12.8. The first-order valence-electron chi connectivity index (χ1n) is 4.77. The number of nitrogens with two attached hydrogens (primary N) is 1. The van der Waals surface area contributed by atoms with Crippen molar-refractivity contribution in [3.63, 3.8) is 0 Å². The molecule has 0 amide bonds. The van der Waals surface area contributed by atoms with Crippen molar-refractivity contribution in [3.05, 3.63) is 28.3 Å². The minimum atomic E-state index is -0.585. The van der Waals surface area contributed by atoms with E-state index in [-0.39, 0.29) is 23.2 Å². The number of hydrogen-bond acceptors (Lipinski definition) is 7. The first-order valence-corrected chi connectivity index (χ1v) is 4.77. The Kier molecular flexibility index (Phi) is 4.49. The van der Waals surface area contributed by atoms with Gasteiger partial charge in [-0.05, 0) is 26.0 Å². The van der Waals surface area contributed by atoms with E-state index in [0.717, 1.165) is 6.07 Å². The predicted molar refractivity (Wildman–Crippen MR) is 58.6 cm³/mol. The number of rotatable bonds is 5. The Balaban J connectivity index is 3.08. The van der Waals surface area contributed by atoms with Gasteiger partial charge in [-0.25, -0.2) is 0 Å². The SMILES string of the molecule is CC(C)N=Nc1ccc(OON)cc1[N+](=O)[O-]. The van der Waals surface area contributed by atoms with Crippen molar-refractivity contribution in [2.45, 2.75) is 19.9 Å². The Hall–Kier alpha value is -2.06. The van der Waals surface area contributed by atoms with E-state index in [0.29, 0.717) is 0 Å². The average molecular weight is 240 g/mol. The molecule has 92 valence electrons. The highest BCUT2D eigenvalue weighted by Crippen LogP contribution is 2.31. The molecule has 1 aromatic rings. The fourth-order valence-corrected chi connectivity index (χ4v) is 1.02. The topological polar surface area (TPSA) is 112 Å². The van der Waals surface area contributed by atoms with Gasteiger partial charge >= 0.3 is 5.69 Å². The quantitative estimate of drug-likeness (QED) is 0.367. The Morgan fingerprint density at radius 1 is 1.47 bits per heavy atom. The largest absolute Gasteiger partial charge is 0.319 e. The van der Waals surface area contributed by atoms with Gasteiger partial charge in [0.25, 0.3) is 0 Å². The van der Waals surface area contributed by atoms with E-state index in [1.54, 1.807) is 0 Å². The van der Waals surface area contributed by atoms with E-state index in [4.69, 9.17) is 0 Å². The van der Waals surface area contributed by atoms with Gasteiger partial charge in [0.2, 0.25) is 0 Å². The molecule has 0 radical (unpaired) electrons. The summed E-state index contributed by atoms with van der Waals surface area (Å²) >= 11 is 0. The van der Waals surface area contributed by atoms with Gasteiger partial charge in [-0.2, -0.15) is 11.0 Å². The van der Waals surface area contributed by atoms with Gasteiger partial charge in [0, 0.05) is 0 Å². The van der Waals surface area contributed by atoms with Gasteiger partial charge in [-0.15, -0.1) is 5.11 Å². The molecule has 1 aromatic carbocycles. The molecule has 8 heteroatoms. The van der Waals surface area contributed by atoms with Crippen LogP contribution in [0, 0.1) is 10.1 Å². The molecule has 17 heavy (non-hydrogen) atoms. The fraction of sp³-hybridized carbons (Fsp3) is 0.333. The number of nitro groups is 1. The van der Waals surface area contributed by atoms with E-state index in [1.165, 1.54) is 12.1 Å². The van der Waals surface area contributed by atoms with Gasteiger partial charge in [-0.1, -0.05) is 4.99 Å². The standard InChI is InChI=1S/C9H12N4O4/c1-6(2)11-12-8-4-3-7(16-17-10)5-9(8)13(14)15/h3-6H,10H2,1-2H3. The molecule has 0 atom stereocenters. The van der Waals surface area contributed by atoms with Crippen LogP contribution in [0.3, 0.4) is 0 Å². The van der Waals surface area contributed by atoms with Crippen LogP contribution in [0.4, 0.5) is 11.4 Å². The van der Waals surface area contributed by atoms with Crippen molar-refractivity contribution < 1.29 is 14.8 Å². The fourth-order valence-electron chi connectivity index (χ4n) is 1.02. The third kappa shape index (κ3) is 3.78. The number of hydrogen-bond donors (Lipinski definition) is 1. The number of nitro benzene ring substituents is 1. The maximum absolute atomic E-state index is 10.8. The van der Waals surface area contributed by atoms with E-state index in [1.807, 2.05) is 13.8 Å². The van der Waals surface area contributed by atoms with Crippen LogP contribution >= 0.6 is 0 Å². The summed E-state index contributed by atoms with van der Waals surface area (Å²) in [4.78, 5) is 18.6. The summed E-state index contributed by atoms with van der Waals surface area (Å²) in [7, 11) is 0. The highest BCUT2D eigenvalue weighted by atomic mass is 17.3. The lowest BCUT2D eigenvalue weighted by molar-refractivity contribution is -0.384. The highest BCUT2D eigenvalue weighted by Gasteiger charge is 2.15. The van der Waals surface area contributed by atoms with Crippen molar-refractivity contribution in [1.29, 1.82) is 0 Å². The van der Waals surface area contributed by atoms with Crippen molar-refractivity contribution in [3.8, 4) is 5.75 Å². The molecular formula is C9H12N4O4.